The molecule has 0 unspecified atom stereocenters. The van der Waals surface area contributed by atoms with Crippen LogP contribution in [0.5, 0.6) is 0 Å². The molecule has 0 saturated heterocycles. The van der Waals surface area contributed by atoms with Gasteiger partial charge in [-0.05, 0) is 36.4 Å². The SMILES string of the molecule is CNS(=O)(=O)Cc1ccc(CNC(=O)CNS(=O)(=O)c2cccc(C(F)(F)F)c2)cc1. The lowest BCUT2D eigenvalue weighted by Crippen LogP contribution is -2.36. The van der Waals surface area contributed by atoms with Gasteiger partial charge in [-0.2, -0.15) is 13.2 Å². The van der Waals surface area contributed by atoms with E-state index in [2.05, 4.69) is 10.0 Å². The summed E-state index contributed by atoms with van der Waals surface area (Å²) < 4.78 is 89.7. The average molecular weight is 480 g/mol. The van der Waals surface area contributed by atoms with Crippen molar-refractivity contribution in [3.8, 4) is 0 Å². The monoisotopic (exact) mass is 479 g/mol. The minimum atomic E-state index is -4.70. The fourth-order valence-electron chi connectivity index (χ4n) is 2.39. The van der Waals surface area contributed by atoms with Crippen LogP contribution in [0.15, 0.2) is 53.4 Å². The number of hydrogen-bond acceptors (Lipinski definition) is 5. The molecule has 0 radical (unpaired) electrons. The van der Waals surface area contributed by atoms with Gasteiger partial charge in [0, 0.05) is 6.54 Å². The highest BCUT2D eigenvalue weighted by Gasteiger charge is 2.31. The van der Waals surface area contributed by atoms with E-state index in [1.54, 1.807) is 24.3 Å². The van der Waals surface area contributed by atoms with Gasteiger partial charge in [0.2, 0.25) is 26.0 Å². The van der Waals surface area contributed by atoms with Crippen molar-refractivity contribution in [1.29, 1.82) is 0 Å². The third-order valence-electron chi connectivity index (χ3n) is 4.07. The number of halogens is 3. The molecule has 0 aliphatic carbocycles. The summed E-state index contributed by atoms with van der Waals surface area (Å²) in [6, 6.07) is 9.54. The second-order valence-corrected chi connectivity index (χ2v) is 10.1. The van der Waals surface area contributed by atoms with Crippen molar-refractivity contribution in [3.05, 3.63) is 65.2 Å². The largest absolute Gasteiger partial charge is 0.416 e. The fourth-order valence-corrected chi connectivity index (χ4v) is 4.19. The van der Waals surface area contributed by atoms with Crippen molar-refractivity contribution in [2.24, 2.45) is 0 Å². The number of carbonyl (C=O) groups excluding carboxylic acids is 1. The van der Waals surface area contributed by atoms with Gasteiger partial charge in [-0.3, -0.25) is 4.79 Å². The first kappa shape index (κ1) is 24.8. The second-order valence-electron chi connectivity index (χ2n) is 6.41. The van der Waals surface area contributed by atoms with Crippen LogP contribution in [0, 0.1) is 0 Å². The topological polar surface area (TPSA) is 121 Å². The van der Waals surface area contributed by atoms with Gasteiger partial charge in [0.1, 0.15) is 0 Å². The average Bonchev–Trinajstić information content (AvgIpc) is 2.71. The first-order valence-electron chi connectivity index (χ1n) is 8.75. The molecule has 0 fully saturated rings. The van der Waals surface area contributed by atoms with Crippen LogP contribution in [0.1, 0.15) is 16.7 Å². The number of amides is 1. The predicted octanol–water partition coefficient (Wildman–Crippen LogP) is 1.35. The molecule has 2 rings (SSSR count). The first-order chi connectivity index (χ1) is 14.3. The molecule has 1 amide bonds. The molecule has 0 aliphatic rings. The Balaban J connectivity index is 1.90. The van der Waals surface area contributed by atoms with Crippen LogP contribution < -0.4 is 14.8 Å². The summed E-state index contributed by atoms with van der Waals surface area (Å²) in [5.41, 5.74) is 0.0590. The van der Waals surface area contributed by atoms with E-state index >= 15 is 0 Å². The highest BCUT2D eigenvalue weighted by Crippen LogP contribution is 2.30. The first-order valence-corrected chi connectivity index (χ1v) is 11.9. The van der Waals surface area contributed by atoms with E-state index in [-0.39, 0.29) is 12.3 Å². The molecule has 0 aliphatic heterocycles. The molecular formula is C18H20F3N3O5S2. The van der Waals surface area contributed by atoms with E-state index in [9.17, 15) is 34.8 Å². The Kier molecular flexibility index (Phi) is 7.81. The van der Waals surface area contributed by atoms with Crippen LogP contribution >= 0.6 is 0 Å². The van der Waals surface area contributed by atoms with Gasteiger partial charge in [0.15, 0.2) is 0 Å². The van der Waals surface area contributed by atoms with Crippen molar-refractivity contribution < 1.29 is 34.8 Å². The number of sulfonamides is 2. The quantitative estimate of drug-likeness (QED) is 0.501. The van der Waals surface area contributed by atoms with Crippen LogP contribution in [0.2, 0.25) is 0 Å². The van der Waals surface area contributed by atoms with Crippen molar-refractivity contribution in [1.82, 2.24) is 14.8 Å². The maximum absolute atomic E-state index is 12.7. The maximum atomic E-state index is 12.7. The van der Waals surface area contributed by atoms with E-state index in [4.69, 9.17) is 0 Å². The van der Waals surface area contributed by atoms with Crippen LogP contribution in [-0.2, 0) is 43.3 Å². The molecule has 0 aromatic heterocycles. The molecule has 2 aromatic carbocycles. The van der Waals surface area contributed by atoms with Gasteiger partial charge in [-0.1, -0.05) is 30.3 Å². The molecule has 0 bridgehead atoms. The number of carbonyl (C=O) groups is 1. The van der Waals surface area contributed by atoms with E-state index in [0.717, 1.165) is 18.2 Å². The van der Waals surface area contributed by atoms with Crippen molar-refractivity contribution in [2.45, 2.75) is 23.4 Å². The number of nitrogens with one attached hydrogen (secondary N) is 3. The molecule has 8 nitrogen and oxygen atoms in total. The smallest absolute Gasteiger partial charge is 0.351 e. The van der Waals surface area contributed by atoms with Crippen molar-refractivity contribution >= 4 is 26.0 Å². The van der Waals surface area contributed by atoms with Gasteiger partial charge in [0.05, 0.1) is 22.8 Å². The zero-order valence-electron chi connectivity index (χ0n) is 16.2. The number of benzene rings is 2. The van der Waals surface area contributed by atoms with E-state index in [1.165, 1.54) is 7.05 Å². The normalized spacial score (nSPS) is 12.5. The Bertz CT molecular complexity index is 1130. The molecule has 0 atom stereocenters. The molecule has 31 heavy (non-hydrogen) atoms. The Morgan fingerprint density at radius 3 is 2.16 bits per heavy atom. The van der Waals surface area contributed by atoms with Gasteiger partial charge < -0.3 is 5.32 Å². The predicted molar refractivity (Wildman–Crippen MR) is 107 cm³/mol. The summed E-state index contributed by atoms with van der Waals surface area (Å²) in [5, 5.41) is 2.46. The summed E-state index contributed by atoms with van der Waals surface area (Å²) in [6.45, 7) is -0.625. The number of rotatable bonds is 9. The maximum Gasteiger partial charge on any atom is 0.416 e. The Labute approximate surface area is 178 Å². The molecule has 0 saturated carbocycles. The number of alkyl halides is 3. The van der Waals surface area contributed by atoms with E-state index < -0.39 is 49.1 Å². The highest BCUT2D eigenvalue weighted by molar-refractivity contribution is 7.89. The third-order valence-corrected chi connectivity index (χ3v) is 6.81. The zero-order valence-corrected chi connectivity index (χ0v) is 17.9. The fraction of sp³-hybridized carbons (Fsp3) is 0.278. The highest BCUT2D eigenvalue weighted by atomic mass is 32.2. The van der Waals surface area contributed by atoms with E-state index in [0.29, 0.717) is 17.2 Å². The molecule has 3 N–H and O–H groups in total. The summed E-state index contributed by atoms with van der Waals surface area (Å²) >= 11 is 0. The Morgan fingerprint density at radius 2 is 1.58 bits per heavy atom. The second kappa shape index (κ2) is 9.77. The minimum absolute atomic E-state index is 0.0448. The standard InChI is InChI=1S/C18H20F3N3O5S2/c1-22-30(26,27)12-14-7-5-13(6-8-14)10-23-17(25)11-24-31(28,29)16-4-2-3-15(9-16)18(19,20)21/h2-9,22,24H,10-12H2,1H3,(H,23,25). The molecule has 0 heterocycles. The van der Waals surface area contributed by atoms with Gasteiger partial charge in [-0.15, -0.1) is 0 Å². The van der Waals surface area contributed by atoms with Crippen molar-refractivity contribution in [3.63, 3.8) is 0 Å². The van der Waals surface area contributed by atoms with Crippen LogP contribution in [0.4, 0.5) is 13.2 Å². The van der Waals surface area contributed by atoms with E-state index in [1.807, 2.05) is 4.72 Å². The van der Waals surface area contributed by atoms with Gasteiger partial charge >= 0.3 is 6.18 Å². The summed E-state index contributed by atoms with van der Waals surface area (Å²) in [7, 11) is -6.43. The van der Waals surface area contributed by atoms with Crippen LogP contribution in [0.25, 0.3) is 0 Å². The molecule has 0 spiro atoms. The van der Waals surface area contributed by atoms with Crippen molar-refractivity contribution in [2.75, 3.05) is 13.6 Å². The minimum Gasteiger partial charge on any atom is -0.351 e. The lowest BCUT2D eigenvalue weighted by Gasteiger charge is -2.11. The Morgan fingerprint density at radius 1 is 0.968 bits per heavy atom. The van der Waals surface area contributed by atoms with Crippen LogP contribution in [0.3, 0.4) is 0 Å². The molecule has 13 heteroatoms. The van der Waals surface area contributed by atoms with Gasteiger partial charge in [0.25, 0.3) is 0 Å². The lowest BCUT2D eigenvalue weighted by atomic mass is 10.1. The number of hydrogen-bond donors (Lipinski definition) is 3. The molecular weight excluding hydrogens is 459 g/mol. The lowest BCUT2D eigenvalue weighted by molar-refractivity contribution is -0.137. The molecule has 170 valence electrons. The zero-order chi connectivity index (χ0) is 23.3. The summed E-state index contributed by atoms with van der Waals surface area (Å²) in [5.74, 6) is -0.898. The van der Waals surface area contributed by atoms with Crippen LogP contribution in [-0.4, -0.2) is 36.3 Å². The third kappa shape index (κ3) is 7.61. The van der Waals surface area contributed by atoms with Gasteiger partial charge in [-0.25, -0.2) is 26.3 Å². The summed E-state index contributed by atoms with van der Waals surface area (Å²) in [4.78, 5) is 11.3. The summed E-state index contributed by atoms with van der Waals surface area (Å²) in [6.07, 6.45) is -4.70. The molecule has 2 aromatic rings. The Hall–Kier alpha value is -2.48.